The van der Waals surface area contributed by atoms with Gasteiger partial charge in [0.15, 0.2) is 0 Å². The highest BCUT2D eigenvalue weighted by Crippen LogP contribution is 2.21. The fourth-order valence-corrected chi connectivity index (χ4v) is 4.08. The van der Waals surface area contributed by atoms with Crippen molar-refractivity contribution in [2.45, 2.75) is 45.3 Å². The molecule has 0 bridgehead atoms. The Hall–Kier alpha value is -2.13. The van der Waals surface area contributed by atoms with E-state index in [0.29, 0.717) is 37.2 Å². The van der Waals surface area contributed by atoms with E-state index in [1.54, 1.807) is 24.3 Å². The van der Waals surface area contributed by atoms with Gasteiger partial charge in [0.1, 0.15) is 17.9 Å². The van der Waals surface area contributed by atoms with Crippen LogP contribution in [0.25, 0.3) is 0 Å². The van der Waals surface area contributed by atoms with Crippen LogP contribution in [0.4, 0.5) is 0 Å². The van der Waals surface area contributed by atoms with E-state index < -0.39 is 22.0 Å². The molecule has 2 rings (SSSR count). The Bertz CT molecular complexity index is 818. The Balaban J connectivity index is 2.01. The predicted octanol–water partition coefficient (Wildman–Crippen LogP) is 1.81. The van der Waals surface area contributed by atoms with E-state index in [9.17, 15) is 18.0 Å². The number of hydrogen-bond acceptors (Lipinski definition) is 6. The van der Waals surface area contributed by atoms with Crippen molar-refractivity contribution in [1.82, 2.24) is 9.62 Å². The molecule has 0 unspecified atom stereocenters. The van der Waals surface area contributed by atoms with Crippen molar-refractivity contribution >= 4 is 21.9 Å². The Morgan fingerprint density at radius 3 is 2.48 bits per heavy atom. The zero-order valence-corrected chi connectivity index (χ0v) is 18.2. The number of amides is 1. The van der Waals surface area contributed by atoms with Crippen molar-refractivity contribution in [2.75, 3.05) is 26.5 Å². The van der Waals surface area contributed by atoms with Gasteiger partial charge in [0.05, 0.1) is 13.4 Å². The van der Waals surface area contributed by atoms with Gasteiger partial charge in [-0.2, -0.15) is 0 Å². The SMILES string of the molecule is CC[C@H](C)[C@H](NC(=O)c1cccc(OC2CCN(S(C)(=O)=O)CC2)c1)C(=O)OC. The van der Waals surface area contributed by atoms with Gasteiger partial charge < -0.3 is 14.8 Å². The molecular formula is C20H30N2O6S. The summed E-state index contributed by atoms with van der Waals surface area (Å²) in [6.07, 6.45) is 2.98. The molecule has 1 saturated heterocycles. The molecule has 8 nitrogen and oxygen atoms in total. The lowest BCUT2D eigenvalue weighted by Gasteiger charge is -2.30. The summed E-state index contributed by atoms with van der Waals surface area (Å²) in [4.78, 5) is 24.6. The van der Waals surface area contributed by atoms with Crippen LogP contribution in [-0.2, 0) is 19.6 Å². The second-order valence-electron chi connectivity index (χ2n) is 7.37. The van der Waals surface area contributed by atoms with Crippen LogP contribution < -0.4 is 10.1 Å². The lowest BCUT2D eigenvalue weighted by Crippen LogP contribution is -2.45. The summed E-state index contributed by atoms with van der Waals surface area (Å²) in [7, 11) is -1.88. The number of nitrogens with zero attached hydrogens (tertiary/aromatic N) is 1. The molecule has 29 heavy (non-hydrogen) atoms. The Morgan fingerprint density at radius 2 is 1.93 bits per heavy atom. The first-order chi connectivity index (χ1) is 13.7. The lowest BCUT2D eigenvalue weighted by molar-refractivity contribution is -0.144. The minimum absolute atomic E-state index is 0.0640. The maximum absolute atomic E-state index is 12.6. The lowest BCUT2D eigenvalue weighted by atomic mass is 9.99. The van der Waals surface area contributed by atoms with Crippen LogP contribution in [-0.4, -0.2) is 63.2 Å². The third kappa shape index (κ3) is 6.43. The third-order valence-electron chi connectivity index (χ3n) is 5.22. The first kappa shape index (κ1) is 23.2. The van der Waals surface area contributed by atoms with Gasteiger partial charge in [-0.1, -0.05) is 26.3 Å². The first-order valence-corrected chi connectivity index (χ1v) is 11.6. The monoisotopic (exact) mass is 426 g/mol. The summed E-state index contributed by atoms with van der Waals surface area (Å²) in [5.74, 6) is -0.379. The van der Waals surface area contributed by atoms with E-state index in [-0.39, 0.29) is 17.9 Å². The number of ether oxygens (including phenoxy) is 2. The zero-order valence-electron chi connectivity index (χ0n) is 17.4. The molecule has 1 aromatic carbocycles. The number of carbonyl (C=O) groups excluding carboxylic acids is 2. The van der Waals surface area contributed by atoms with Crippen LogP contribution in [0, 0.1) is 5.92 Å². The maximum atomic E-state index is 12.6. The van der Waals surface area contributed by atoms with Gasteiger partial charge in [0, 0.05) is 18.7 Å². The zero-order chi connectivity index (χ0) is 21.6. The maximum Gasteiger partial charge on any atom is 0.328 e. The van der Waals surface area contributed by atoms with E-state index in [4.69, 9.17) is 9.47 Å². The number of nitrogens with one attached hydrogen (secondary N) is 1. The number of carbonyl (C=O) groups is 2. The molecule has 9 heteroatoms. The van der Waals surface area contributed by atoms with Crippen molar-refractivity contribution in [3.05, 3.63) is 29.8 Å². The van der Waals surface area contributed by atoms with Gasteiger partial charge in [-0.25, -0.2) is 17.5 Å². The summed E-state index contributed by atoms with van der Waals surface area (Å²) < 4.78 is 35.4. The number of hydrogen-bond donors (Lipinski definition) is 1. The summed E-state index contributed by atoms with van der Waals surface area (Å²) >= 11 is 0. The number of sulfonamides is 1. The molecule has 162 valence electrons. The van der Waals surface area contributed by atoms with Crippen molar-refractivity contribution < 1.29 is 27.5 Å². The smallest absolute Gasteiger partial charge is 0.328 e. The van der Waals surface area contributed by atoms with Crippen molar-refractivity contribution in [1.29, 1.82) is 0 Å². The molecule has 1 heterocycles. The largest absolute Gasteiger partial charge is 0.490 e. The predicted molar refractivity (Wildman–Crippen MR) is 109 cm³/mol. The molecule has 1 amide bonds. The van der Waals surface area contributed by atoms with Gasteiger partial charge in [-0.15, -0.1) is 0 Å². The highest BCUT2D eigenvalue weighted by molar-refractivity contribution is 7.88. The molecule has 0 radical (unpaired) electrons. The average molecular weight is 427 g/mol. The Labute approximate surface area is 172 Å². The standard InChI is InChI=1S/C20H30N2O6S/c1-5-14(2)18(20(24)27-3)21-19(23)15-7-6-8-17(13-15)28-16-9-11-22(12-10-16)29(4,25)26/h6-8,13-14,16,18H,5,9-12H2,1-4H3,(H,21,23)/t14-,18-/m0/s1. The Kier molecular flexibility index (Phi) is 8.04. The first-order valence-electron chi connectivity index (χ1n) is 9.76. The summed E-state index contributed by atoms with van der Waals surface area (Å²) in [6.45, 7) is 4.65. The minimum Gasteiger partial charge on any atom is -0.490 e. The van der Waals surface area contributed by atoms with Gasteiger partial charge in [-0.05, 0) is 37.0 Å². The van der Waals surface area contributed by atoms with Gasteiger partial charge >= 0.3 is 5.97 Å². The van der Waals surface area contributed by atoms with Crippen LogP contribution in [0.3, 0.4) is 0 Å². The van der Waals surface area contributed by atoms with Crippen molar-refractivity contribution in [3.63, 3.8) is 0 Å². The normalized spacial score (nSPS) is 17.9. The van der Waals surface area contributed by atoms with Crippen molar-refractivity contribution in [3.8, 4) is 5.75 Å². The summed E-state index contributed by atoms with van der Waals surface area (Å²) in [5, 5.41) is 2.75. The summed E-state index contributed by atoms with van der Waals surface area (Å²) in [5.41, 5.74) is 0.383. The van der Waals surface area contributed by atoms with Crippen LogP contribution in [0.15, 0.2) is 24.3 Å². The van der Waals surface area contributed by atoms with E-state index in [2.05, 4.69) is 5.32 Å². The van der Waals surface area contributed by atoms with E-state index in [0.717, 1.165) is 6.42 Å². The van der Waals surface area contributed by atoms with Crippen LogP contribution in [0.1, 0.15) is 43.5 Å². The molecule has 0 spiro atoms. The number of esters is 1. The van der Waals surface area contributed by atoms with Gasteiger partial charge in [-0.3, -0.25) is 4.79 Å². The molecule has 1 aliphatic heterocycles. The second-order valence-corrected chi connectivity index (χ2v) is 9.35. The Morgan fingerprint density at radius 1 is 1.28 bits per heavy atom. The van der Waals surface area contributed by atoms with Crippen molar-refractivity contribution in [2.24, 2.45) is 5.92 Å². The molecule has 0 saturated carbocycles. The van der Waals surface area contributed by atoms with Crippen LogP contribution in [0.2, 0.25) is 0 Å². The van der Waals surface area contributed by atoms with Gasteiger partial charge in [0.25, 0.3) is 5.91 Å². The average Bonchev–Trinajstić information content (AvgIpc) is 2.70. The molecule has 0 aromatic heterocycles. The topological polar surface area (TPSA) is 102 Å². The van der Waals surface area contributed by atoms with E-state index in [1.165, 1.54) is 17.7 Å². The number of methoxy groups -OCH3 is 1. The summed E-state index contributed by atoms with van der Waals surface area (Å²) in [6, 6.07) is 6.03. The fourth-order valence-electron chi connectivity index (χ4n) is 3.21. The van der Waals surface area contributed by atoms with E-state index >= 15 is 0 Å². The fraction of sp³-hybridized carbons (Fsp3) is 0.600. The molecule has 0 aliphatic carbocycles. The van der Waals surface area contributed by atoms with Crippen LogP contribution in [0.5, 0.6) is 5.75 Å². The molecule has 1 aliphatic rings. The highest BCUT2D eigenvalue weighted by Gasteiger charge is 2.28. The molecular weight excluding hydrogens is 396 g/mol. The van der Waals surface area contributed by atoms with Crippen LogP contribution >= 0.6 is 0 Å². The van der Waals surface area contributed by atoms with E-state index in [1.807, 2.05) is 13.8 Å². The molecule has 2 atom stereocenters. The molecule has 1 N–H and O–H groups in total. The molecule has 1 aromatic rings. The number of rotatable bonds is 8. The minimum atomic E-state index is -3.18. The highest BCUT2D eigenvalue weighted by atomic mass is 32.2. The van der Waals surface area contributed by atoms with Gasteiger partial charge in [0.2, 0.25) is 10.0 Å². The molecule has 1 fully saturated rings. The third-order valence-corrected chi connectivity index (χ3v) is 6.53. The second kappa shape index (κ2) is 10.1. The quantitative estimate of drug-likeness (QED) is 0.636. The number of benzene rings is 1. The number of piperidine rings is 1.